The van der Waals surface area contributed by atoms with Gasteiger partial charge in [-0.25, -0.2) is 0 Å². The van der Waals surface area contributed by atoms with E-state index in [1.54, 1.807) is 0 Å². The molecule has 0 amide bonds. The first-order chi connectivity index (χ1) is 6.69. The number of hydrogen-bond donors (Lipinski definition) is 1. The molecule has 0 heterocycles. The molecule has 0 aromatic carbocycles. The Balaban J connectivity index is 4.17. The highest BCUT2D eigenvalue weighted by Crippen LogP contribution is 2.10. The lowest BCUT2D eigenvalue weighted by atomic mass is 10.1. The van der Waals surface area contributed by atoms with Gasteiger partial charge in [-0.2, -0.15) is 0 Å². The quantitative estimate of drug-likeness (QED) is 0.500. The topological polar surface area (TPSA) is 23.5 Å². The lowest BCUT2D eigenvalue weighted by molar-refractivity contribution is 0.154. The van der Waals surface area contributed by atoms with Crippen LogP contribution in [0.25, 0.3) is 0 Å². The average Bonchev–Trinajstić information content (AvgIpc) is 2.19. The van der Waals surface area contributed by atoms with E-state index in [1.165, 1.54) is 0 Å². The van der Waals surface area contributed by atoms with Crippen molar-refractivity contribution in [3.8, 4) is 0 Å². The Bertz CT molecular complexity index is 157. The molecule has 0 saturated carbocycles. The molecular formula is C11H22ClNO. The largest absolute Gasteiger partial charge is 0.395 e. The van der Waals surface area contributed by atoms with Crippen LogP contribution >= 0.6 is 11.6 Å². The van der Waals surface area contributed by atoms with E-state index in [9.17, 15) is 0 Å². The van der Waals surface area contributed by atoms with Gasteiger partial charge in [-0.1, -0.05) is 20.4 Å². The molecule has 0 spiro atoms. The summed E-state index contributed by atoms with van der Waals surface area (Å²) in [4.78, 5) is 2.25. The lowest BCUT2D eigenvalue weighted by Crippen LogP contribution is -2.38. The first-order valence-electron chi connectivity index (χ1n) is 5.27. The summed E-state index contributed by atoms with van der Waals surface area (Å²) < 4.78 is 0. The zero-order chi connectivity index (χ0) is 11.0. The van der Waals surface area contributed by atoms with E-state index < -0.39 is 0 Å². The zero-order valence-corrected chi connectivity index (χ0v) is 10.1. The van der Waals surface area contributed by atoms with Gasteiger partial charge in [-0.3, -0.25) is 4.90 Å². The second-order valence-corrected chi connectivity index (χ2v) is 3.82. The molecule has 0 unspecified atom stereocenters. The van der Waals surface area contributed by atoms with Crippen molar-refractivity contribution in [1.82, 2.24) is 4.90 Å². The maximum atomic E-state index is 8.96. The molecule has 0 aromatic heterocycles. The van der Waals surface area contributed by atoms with Crippen molar-refractivity contribution in [2.75, 3.05) is 25.6 Å². The fraction of sp³-hybridized carbons (Fsp3) is 0.818. The average molecular weight is 220 g/mol. The predicted octanol–water partition coefficient (Wildman–Crippen LogP) is 2.26. The summed E-state index contributed by atoms with van der Waals surface area (Å²) in [5, 5.41) is 8.96. The van der Waals surface area contributed by atoms with Gasteiger partial charge in [0.1, 0.15) is 0 Å². The minimum atomic E-state index is 0.200. The van der Waals surface area contributed by atoms with Crippen molar-refractivity contribution >= 4 is 11.6 Å². The van der Waals surface area contributed by atoms with Gasteiger partial charge in [-0.05, 0) is 18.4 Å². The van der Waals surface area contributed by atoms with Crippen molar-refractivity contribution in [2.24, 2.45) is 0 Å². The Morgan fingerprint density at radius 1 is 1.43 bits per heavy atom. The highest BCUT2D eigenvalue weighted by molar-refractivity contribution is 6.19. The Morgan fingerprint density at radius 3 is 2.36 bits per heavy atom. The monoisotopic (exact) mass is 219 g/mol. The van der Waals surface area contributed by atoms with Gasteiger partial charge < -0.3 is 5.11 Å². The molecular weight excluding hydrogens is 198 g/mol. The Hall–Kier alpha value is -0.0500. The molecule has 0 aromatic rings. The van der Waals surface area contributed by atoms with Crippen LogP contribution in [0.5, 0.6) is 0 Å². The van der Waals surface area contributed by atoms with Crippen LogP contribution in [-0.2, 0) is 0 Å². The molecule has 0 aliphatic heterocycles. The first-order valence-corrected chi connectivity index (χ1v) is 5.80. The predicted molar refractivity (Wildman–Crippen MR) is 62.9 cm³/mol. The molecule has 84 valence electrons. The van der Waals surface area contributed by atoms with E-state index in [4.69, 9.17) is 16.7 Å². The summed E-state index contributed by atoms with van der Waals surface area (Å²) in [6.45, 7) is 9.94. The fourth-order valence-corrected chi connectivity index (χ4v) is 1.74. The summed E-state index contributed by atoms with van der Waals surface area (Å²) in [7, 11) is 0. The molecule has 0 rings (SSSR count). The van der Waals surface area contributed by atoms with Crippen LogP contribution in [0.1, 0.15) is 26.7 Å². The van der Waals surface area contributed by atoms with E-state index in [2.05, 4.69) is 25.3 Å². The van der Waals surface area contributed by atoms with Crippen LogP contribution in [-0.4, -0.2) is 41.6 Å². The third-order valence-corrected chi connectivity index (χ3v) is 2.84. The maximum Gasteiger partial charge on any atom is 0.0558 e. The number of aliphatic hydroxyl groups is 1. The number of rotatable bonds is 8. The van der Waals surface area contributed by atoms with E-state index in [0.717, 1.165) is 25.0 Å². The van der Waals surface area contributed by atoms with Crippen molar-refractivity contribution in [3.63, 3.8) is 0 Å². The van der Waals surface area contributed by atoms with Gasteiger partial charge >= 0.3 is 0 Å². The standard InChI is InChI=1S/C11H22ClNO/c1-4-11(5-2)13(6-7-14)9-10(3)8-12/h11,14H,3-9H2,1-2H3. The van der Waals surface area contributed by atoms with Crippen LogP contribution in [0.4, 0.5) is 0 Å². The molecule has 0 aliphatic rings. The lowest BCUT2D eigenvalue weighted by Gasteiger charge is -2.30. The Labute approximate surface area is 92.6 Å². The van der Waals surface area contributed by atoms with Gasteiger partial charge in [0.05, 0.1) is 6.61 Å². The van der Waals surface area contributed by atoms with Crippen molar-refractivity contribution in [3.05, 3.63) is 12.2 Å². The summed E-state index contributed by atoms with van der Waals surface area (Å²) in [6.07, 6.45) is 2.21. The molecule has 0 saturated heterocycles. The van der Waals surface area contributed by atoms with Gasteiger partial charge in [0.2, 0.25) is 0 Å². The Kier molecular flexibility index (Phi) is 8.24. The highest BCUT2D eigenvalue weighted by Gasteiger charge is 2.14. The molecule has 1 N–H and O–H groups in total. The van der Waals surface area contributed by atoms with E-state index in [1.807, 2.05) is 0 Å². The molecule has 0 bridgehead atoms. The normalized spacial score (nSPS) is 11.3. The zero-order valence-electron chi connectivity index (χ0n) is 9.30. The van der Waals surface area contributed by atoms with Gasteiger partial charge in [0, 0.05) is 25.0 Å². The van der Waals surface area contributed by atoms with E-state index >= 15 is 0 Å². The summed E-state index contributed by atoms with van der Waals surface area (Å²) in [6, 6.07) is 0.530. The fourth-order valence-electron chi connectivity index (χ4n) is 1.65. The molecule has 0 radical (unpaired) electrons. The summed E-state index contributed by atoms with van der Waals surface area (Å²) in [5.74, 6) is 0.502. The van der Waals surface area contributed by atoms with Crippen molar-refractivity contribution in [1.29, 1.82) is 0 Å². The molecule has 3 heteroatoms. The van der Waals surface area contributed by atoms with Gasteiger partial charge in [-0.15, -0.1) is 11.6 Å². The Morgan fingerprint density at radius 2 is 2.00 bits per heavy atom. The van der Waals surface area contributed by atoms with Crippen LogP contribution in [0.15, 0.2) is 12.2 Å². The molecule has 0 atom stereocenters. The molecule has 0 aliphatic carbocycles. The van der Waals surface area contributed by atoms with Crippen molar-refractivity contribution in [2.45, 2.75) is 32.7 Å². The second-order valence-electron chi connectivity index (χ2n) is 3.55. The molecule has 14 heavy (non-hydrogen) atoms. The third-order valence-electron chi connectivity index (χ3n) is 2.46. The highest BCUT2D eigenvalue weighted by atomic mass is 35.5. The van der Waals surface area contributed by atoms with Crippen LogP contribution in [0, 0.1) is 0 Å². The van der Waals surface area contributed by atoms with Gasteiger partial charge in [0.25, 0.3) is 0 Å². The third kappa shape index (κ3) is 4.99. The molecule has 0 fully saturated rings. The van der Waals surface area contributed by atoms with E-state index in [-0.39, 0.29) is 6.61 Å². The van der Waals surface area contributed by atoms with Crippen molar-refractivity contribution < 1.29 is 5.11 Å². The van der Waals surface area contributed by atoms with E-state index in [0.29, 0.717) is 18.5 Å². The maximum absolute atomic E-state index is 8.96. The summed E-state index contributed by atoms with van der Waals surface area (Å²) >= 11 is 5.70. The van der Waals surface area contributed by atoms with Crippen LogP contribution < -0.4 is 0 Å². The summed E-state index contributed by atoms with van der Waals surface area (Å²) in [5.41, 5.74) is 1.02. The smallest absolute Gasteiger partial charge is 0.0558 e. The minimum absolute atomic E-state index is 0.200. The van der Waals surface area contributed by atoms with Gasteiger partial charge in [0.15, 0.2) is 0 Å². The number of alkyl halides is 1. The van der Waals surface area contributed by atoms with Crippen LogP contribution in [0.3, 0.4) is 0 Å². The number of hydrogen-bond acceptors (Lipinski definition) is 2. The van der Waals surface area contributed by atoms with Crippen LogP contribution in [0.2, 0.25) is 0 Å². The number of nitrogens with zero attached hydrogens (tertiary/aromatic N) is 1. The first kappa shape index (κ1) is 13.9. The second kappa shape index (κ2) is 8.27. The number of halogens is 1. The SMILES string of the molecule is C=C(CCl)CN(CCO)C(CC)CC. The minimum Gasteiger partial charge on any atom is -0.395 e. The molecule has 2 nitrogen and oxygen atoms in total. The number of aliphatic hydroxyl groups excluding tert-OH is 1.